The minimum Gasteiger partial charge on any atom is -0.550 e. The van der Waals surface area contributed by atoms with Gasteiger partial charge in [-0.1, -0.05) is 90.5 Å². The van der Waals surface area contributed by atoms with Crippen LogP contribution in [0.1, 0.15) is 53.5 Å². The first-order valence-corrected chi connectivity index (χ1v) is 16.5. The first kappa shape index (κ1) is 36.0. The summed E-state index contributed by atoms with van der Waals surface area (Å²) in [6, 6.07) is 35.2. The first-order chi connectivity index (χ1) is 21.7. The van der Waals surface area contributed by atoms with Crippen molar-refractivity contribution in [3.8, 4) is 5.75 Å². The fourth-order valence-corrected chi connectivity index (χ4v) is 6.99. The molecule has 0 bridgehead atoms. The maximum atomic E-state index is 12.2. The van der Waals surface area contributed by atoms with Gasteiger partial charge in [0.1, 0.15) is 12.4 Å². The second-order valence-electron chi connectivity index (χ2n) is 11.8. The Kier molecular flexibility index (Phi) is 13.2. The minimum atomic E-state index is -1.04. The molecule has 0 aliphatic carbocycles. The van der Waals surface area contributed by atoms with E-state index in [2.05, 4.69) is 12.1 Å². The van der Waals surface area contributed by atoms with Gasteiger partial charge in [-0.3, -0.25) is 0 Å². The summed E-state index contributed by atoms with van der Waals surface area (Å²) in [5, 5.41) is 24.6. The second-order valence-corrected chi connectivity index (χ2v) is 13.5. The van der Waals surface area contributed by atoms with E-state index in [4.69, 9.17) is 21.3 Å². The molecule has 0 aliphatic heterocycles. The van der Waals surface area contributed by atoms with Gasteiger partial charge in [-0.15, -0.1) is 0 Å². The van der Waals surface area contributed by atoms with Crippen molar-refractivity contribution in [2.24, 2.45) is 5.92 Å². The number of aliphatic carboxylic acids is 1. The van der Waals surface area contributed by atoms with Crippen molar-refractivity contribution in [2.45, 2.75) is 50.6 Å². The average molecular weight is 662 g/mol. The fraction of sp³-hybridized carbons (Fsp3) is 0.263. The number of benzene rings is 4. The number of fused-ring (bicyclic) bond motifs is 1. The predicted octanol–water partition coefficient (Wildman–Crippen LogP) is 4.71. The Hall–Kier alpha value is -2.84. The number of carbonyl (C=O) groups is 1. The number of thioether (sulfide) groups is 1. The van der Waals surface area contributed by atoms with Crippen LogP contribution in [0.25, 0.3) is 10.9 Å². The fourth-order valence-electron chi connectivity index (χ4n) is 5.48. The zero-order valence-electron chi connectivity index (χ0n) is 26.5. The third kappa shape index (κ3) is 10.1. The van der Waals surface area contributed by atoms with E-state index in [1.807, 2.05) is 97.1 Å². The van der Waals surface area contributed by atoms with Crippen molar-refractivity contribution in [1.82, 2.24) is 4.98 Å². The van der Waals surface area contributed by atoms with Gasteiger partial charge in [-0.05, 0) is 85.7 Å². The molecule has 2 atom stereocenters. The van der Waals surface area contributed by atoms with E-state index in [1.54, 1.807) is 25.6 Å². The van der Waals surface area contributed by atoms with Crippen LogP contribution in [0.5, 0.6) is 5.75 Å². The van der Waals surface area contributed by atoms with Gasteiger partial charge < -0.3 is 19.7 Å². The molecule has 5 nitrogen and oxygen atoms in total. The van der Waals surface area contributed by atoms with Gasteiger partial charge in [0.25, 0.3) is 0 Å². The molecular weight excluding hydrogens is 625 g/mol. The van der Waals surface area contributed by atoms with Crippen LogP contribution < -0.4 is 39.4 Å². The van der Waals surface area contributed by atoms with E-state index in [9.17, 15) is 15.0 Å². The van der Waals surface area contributed by atoms with Crippen LogP contribution in [0.4, 0.5) is 0 Å². The number of rotatable bonds is 14. The summed E-state index contributed by atoms with van der Waals surface area (Å²) < 4.78 is 6.19. The largest absolute Gasteiger partial charge is 1.00 e. The van der Waals surface area contributed by atoms with Crippen molar-refractivity contribution < 1.29 is 49.3 Å². The van der Waals surface area contributed by atoms with E-state index in [0.717, 1.165) is 51.7 Å². The quantitative estimate of drug-likeness (QED) is 0.174. The summed E-state index contributed by atoms with van der Waals surface area (Å²) in [4.78, 5) is 16.9. The van der Waals surface area contributed by atoms with E-state index in [1.165, 1.54) is 0 Å². The van der Waals surface area contributed by atoms with Crippen LogP contribution >= 0.6 is 23.4 Å². The summed E-state index contributed by atoms with van der Waals surface area (Å²) in [6.45, 7) is 3.89. The average Bonchev–Trinajstić information content (AvgIpc) is 3.03. The molecule has 1 heterocycles. The molecule has 1 N–H and O–H groups in total. The third-order valence-corrected chi connectivity index (χ3v) is 9.58. The third-order valence-electron chi connectivity index (χ3n) is 7.84. The Balaban J connectivity index is 0.00000480. The number of aliphatic hydroxyl groups is 1. The number of hydrogen-bond donors (Lipinski definition) is 1. The molecule has 0 aliphatic rings. The monoisotopic (exact) mass is 661 g/mol. The molecule has 0 saturated carbocycles. The molecule has 0 amide bonds. The molecule has 0 spiro atoms. The number of carbonyl (C=O) groups excluding carboxylic acids is 1. The van der Waals surface area contributed by atoms with Crippen LogP contribution in [0.2, 0.25) is 5.02 Å². The molecule has 1 aromatic heterocycles. The van der Waals surface area contributed by atoms with Crippen molar-refractivity contribution in [3.05, 3.63) is 142 Å². The number of hydrogen-bond acceptors (Lipinski definition) is 6. The smallest absolute Gasteiger partial charge is 0.550 e. The van der Waals surface area contributed by atoms with Gasteiger partial charge in [0, 0.05) is 33.3 Å². The molecule has 0 fully saturated rings. The van der Waals surface area contributed by atoms with Crippen molar-refractivity contribution >= 4 is 40.2 Å². The standard InChI is InChI=1S/C38H38ClNO4S.Na/c1-38(2,43)34-14-7-6-11-27(34)17-20-36(45-25-30(37(41)42)21-26-9-4-3-5-10-26)29-12-8-13-33(22-29)44-24-32-19-16-28-15-18-31(39)23-35(28)40-32;/h3-16,18-19,22-23,30,36,43H,17,20-21,24-25H2,1-2H3,(H,41,42);/q;+1/p-1/t30?,36-;/m0./s1. The number of carboxylic acid groups (broad SMARTS) is 1. The molecule has 232 valence electrons. The Morgan fingerprint density at radius 2 is 1.70 bits per heavy atom. The van der Waals surface area contributed by atoms with E-state index in [-0.39, 0.29) is 34.8 Å². The van der Waals surface area contributed by atoms with Crippen LogP contribution in [-0.4, -0.2) is 21.8 Å². The molecule has 0 saturated heterocycles. The number of ether oxygens (including phenoxy) is 1. The molecule has 4 aromatic carbocycles. The van der Waals surface area contributed by atoms with Crippen LogP contribution in [0.15, 0.2) is 109 Å². The topological polar surface area (TPSA) is 82.5 Å². The Morgan fingerprint density at radius 3 is 2.46 bits per heavy atom. The Bertz CT molecular complexity index is 1740. The predicted molar refractivity (Wildman–Crippen MR) is 181 cm³/mol. The van der Waals surface area contributed by atoms with Gasteiger partial charge in [0.2, 0.25) is 0 Å². The number of pyridine rings is 1. The van der Waals surface area contributed by atoms with Gasteiger partial charge in [-0.25, -0.2) is 4.98 Å². The second kappa shape index (κ2) is 16.8. The van der Waals surface area contributed by atoms with Crippen molar-refractivity contribution in [1.29, 1.82) is 0 Å². The number of aryl methyl sites for hydroxylation is 1. The van der Waals surface area contributed by atoms with Crippen LogP contribution in [0.3, 0.4) is 0 Å². The van der Waals surface area contributed by atoms with Crippen molar-refractivity contribution in [2.75, 3.05) is 5.75 Å². The number of halogens is 1. The summed E-state index contributed by atoms with van der Waals surface area (Å²) in [7, 11) is 0. The number of aromatic nitrogens is 1. The maximum absolute atomic E-state index is 12.2. The summed E-state index contributed by atoms with van der Waals surface area (Å²) in [6.07, 6.45) is 1.89. The van der Waals surface area contributed by atoms with Crippen LogP contribution in [-0.2, 0) is 29.8 Å². The molecule has 5 aromatic rings. The van der Waals surface area contributed by atoms with E-state index < -0.39 is 17.5 Å². The zero-order chi connectivity index (χ0) is 31.8. The van der Waals surface area contributed by atoms with Crippen molar-refractivity contribution in [3.63, 3.8) is 0 Å². The van der Waals surface area contributed by atoms with Gasteiger partial charge in [0.15, 0.2) is 0 Å². The van der Waals surface area contributed by atoms with Crippen LogP contribution in [0, 0.1) is 5.92 Å². The van der Waals surface area contributed by atoms with E-state index in [0.29, 0.717) is 29.6 Å². The minimum absolute atomic E-state index is 0. The van der Waals surface area contributed by atoms with Gasteiger partial charge in [-0.2, -0.15) is 11.8 Å². The summed E-state index contributed by atoms with van der Waals surface area (Å²) >= 11 is 7.79. The number of nitrogens with zero attached hydrogens (tertiary/aromatic N) is 1. The molecule has 8 heteroatoms. The number of carboxylic acids is 1. The Morgan fingerprint density at radius 1 is 0.957 bits per heavy atom. The SMILES string of the molecule is CC(C)(O)c1ccccc1CC[C@H](SCC(Cc1ccccc1)C(=O)[O-])c1cccc(OCc2ccc3ccc(Cl)cc3n2)c1.[Na+]. The summed E-state index contributed by atoms with van der Waals surface area (Å²) in [5.41, 5.74) is 4.64. The summed E-state index contributed by atoms with van der Waals surface area (Å²) in [5.74, 6) is -0.554. The van der Waals surface area contributed by atoms with E-state index >= 15 is 0 Å². The van der Waals surface area contributed by atoms with Gasteiger partial charge in [0.05, 0.1) is 16.8 Å². The maximum Gasteiger partial charge on any atom is 1.00 e. The molecule has 1 unspecified atom stereocenters. The molecule has 5 rings (SSSR count). The molecular formula is C38H37ClNNaO4S. The normalized spacial score (nSPS) is 12.7. The Labute approximate surface area is 302 Å². The van der Waals surface area contributed by atoms with Gasteiger partial charge >= 0.3 is 29.6 Å². The molecule has 0 radical (unpaired) electrons. The first-order valence-electron chi connectivity index (χ1n) is 15.1. The zero-order valence-corrected chi connectivity index (χ0v) is 30.1. The molecule has 46 heavy (non-hydrogen) atoms.